The van der Waals surface area contributed by atoms with E-state index in [1.165, 1.54) is 4.90 Å². The summed E-state index contributed by atoms with van der Waals surface area (Å²) in [6, 6.07) is -0.514. The van der Waals surface area contributed by atoms with Gasteiger partial charge in [-0.15, -0.1) is 0 Å². The van der Waals surface area contributed by atoms with Crippen molar-refractivity contribution in [1.29, 1.82) is 0 Å². The van der Waals surface area contributed by atoms with E-state index in [0.29, 0.717) is 19.6 Å². The molecule has 116 valence electrons. The first-order valence-electron chi connectivity index (χ1n) is 7.06. The smallest absolute Gasteiger partial charge is 0.410 e. The summed E-state index contributed by atoms with van der Waals surface area (Å²) in [5.41, 5.74) is -0.585. The molecule has 6 nitrogen and oxygen atoms in total. The van der Waals surface area contributed by atoms with E-state index in [1.54, 1.807) is 27.7 Å². The average Bonchev–Trinajstić information content (AvgIpc) is 2.75. The zero-order valence-electron chi connectivity index (χ0n) is 12.7. The summed E-state index contributed by atoms with van der Waals surface area (Å²) in [7, 11) is 0. The molecule has 20 heavy (non-hydrogen) atoms. The summed E-state index contributed by atoms with van der Waals surface area (Å²) < 4.78 is 10.2. The molecule has 0 aromatic heterocycles. The second-order valence-corrected chi connectivity index (χ2v) is 5.91. The van der Waals surface area contributed by atoms with Gasteiger partial charge in [0.1, 0.15) is 5.60 Å². The minimum atomic E-state index is -1.10. The maximum atomic E-state index is 12.1. The Morgan fingerprint density at radius 1 is 1.40 bits per heavy atom. The van der Waals surface area contributed by atoms with Crippen molar-refractivity contribution >= 4 is 11.9 Å². The van der Waals surface area contributed by atoms with Gasteiger partial charge < -0.3 is 14.6 Å². The molecule has 1 N–H and O–H groups in total. The predicted octanol–water partition coefficient (Wildman–Crippen LogP) is 1.70. The van der Waals surface area contributed by atoms with Gasteiger partial charge in [-0.25, -0.2) is 4.79 Å². The Labute approximate surface area is 120 Å². The number of likely N-dealkylation sites (tertiary alicyclic amines) is 1. The minimum Gasteiger partial charge on any atom is -0.444 e. The van der Waals surface area contributed by atoms with E-state index in [0.717, 1.165) is 6.42 Å². The molecule has 1 rings (SSSR count). The standard InChI is InChI=1S/C14H25NO5/c1-5-19-12(17)9-11(16)10-7-6-8-15(10)13(18)20-14(2,3)4/h10,12,17H,5-9H2,1-4H3/t10-,12?/m0/s1. The number of Topliss-reactive ketones (excluding diaryl/α,β-unsaturated/α-hetero) is 1. The molecule has 0 aliphatic carbocycles. The van der Waals surface area contributed by atoms with Gasteiger partial charge in [-0.1, -0.05) is 0 Å². The second-order valence-electron chi connectivity index (χ2n) is 5.91. The van der Waals surface area contributed by atoms with E-state index < -0.39 is 24.0 Å². The third kappa shape index (κ3) is 5.09. The van der Waals surface area contributed by atoms with Crippen LogP contribution in [0.4, 0.5) is 4.79 Å². The Morgan fingerprint density at radius 3 is 2.60 bits per heavy atom. The zero-order chi connectivity index (χ0) is 15.3. The number of ether oxygens (including phenoxy) is 2. The summed E-state index contributed by atoms with van der Waals surface area (Å²) >= 11 is 0. The quantitative estimate of drug-likeness (QED) is 0.779. The van der Waals surface area contributed by atoms with Crippen LogP contribution in [0.3, 0.4) is 0 Å². The van der Waals surface area contributed by atoms with E-state index in [-0.39, 0.29) is 12.2 Å². The number of nitrogens with zero attached hydrogens (tertiary/aromatic N) is 1. The van der Waals surface area contributed by atoms with Gasteiger partial charge in [-0.05, 0) is 40.5 Å². The minimum absolute atomic E-state index is 0.0994. The van der Waals surface area contributed by atoms with Crippen LogP contribution in [-0.4, -0.2) is 53.0 Å². The van der Waals surface area contributed by atoms with Crippen molar-refractivity contribution in [3.05, 3.63) is 0 Å². The van der Waals surface area contributed by atoms with Crippen molar-refractivity contribution in [1.82, 2.24) is 4.90 Å². The SMILES string of the molecule is CCOC(O)CC(=O)[C@@H]1CCCN1C(=O)OC(C)(C)C. The molecule has 1 heterocycles. The van der Waals surface area contributed by atoms with Crippen molar-refractivity contribution in [3.63, 3.8) is 0 Å². The number of amides is 1. The lowest BCUT2D eigenvalue weighted by Crippen LogP contribution is -2.44. The van der Waals surface area contributed by atoms with Crippen LogP contribution >= 0.6 is 0 Å². The normalized spacial score (nSPS) is 20.9. The predicted molar refractivity (Wildman–Crippen MR) is 73.2 cm³/mol. The van der Waals surface area contributed by atoms with E-state index in [2.05, 4.69) is 0 Å². The lowest BCUT2D eigenvalue weighted by atomic mass is 10.1. The van der Waals surface area contributed by atoms with Crippen LogP contribution in [0.15, 0.2) is 0 Å². The molecular formula is C14H25NO5. The molecule has 1 unspecified atom stereocenters. The van der Waals surface area contributed by atoms with Gasteiger partial charge in [0.05, 0.1) is 12.5 Å². The molecule has 0 aromatic carbocycles. The number of hydrogen-bond donors (Lipinski definition) is 1. The first-order chi connectivity index (χ1) is 9.24. The molecule has 1 aliphatic heterocycles. The van der Waals surface area contributed by atoms with Gasteiger partial charge >= 0.3 is 6.09 Å². The van der Waals surface area contributed by atoms with Crippen molar-refractivity contribution in [2.24, 2.45) is 0 Å². The highest BCUT2D eigenvalue weighted by Crippen LogP contribution is 2.22. The van der Waals surface area contributed by atoms with Gasteiger partial charge in [0.15, 0.2) is 12.1 Å². The van der Waals surface area contributed by atoms with Crippen molar-refractivity contribution in [3.8, 4) is 0 Å². The van der Waals surface area contributed by atoms with Gasteiger partial charge in [-0.3, -0.25) is 9.69 Å². The number of ketones is 1. The second kappa shape index (κ2) is 7.04. The topological polar surface area (TPSA) is 76.1 Å². The summed E-state index contributed by atoms with van der Waals surface area (Å²) in [6.45, 7) is 7.96. The molecule has 0 spiro atoms. The van der Waals surface area contributed by atoms with Gasteiger partial charge in [0.2, 0.25) is 0 Å². The first-order valence-corrected chi connectivity index (χ1v) is 7.06. The van der Waals surface area contributed by atoms with Gasteiger partial charge in [-0.2, -0.15) is 0 Å². The number of carbonyl (C=O) groups is 2. The fraction of sp³-hybridized carbons (Fsp3) is 0.857. The van der Waals surface area contributed by atoms with Crippen LogP contribution in [0.2, 0.25) is 0 Å². The molecule has 6 heteroatoms. The molecular weight excluding hydrogens is 262 g/mol. The molecule has 1 fully saturated rings. The van der Waals surface area contributed by atoms with Crippen LogP contribution in [0.5, 0.6) is 0 Å². The number of aliphatic hydroxyl groups excluding tert-OH is 1. The van der Waals surface area contributed by atoms with Crippen LogP contribution in [0, 0.1) is 0 Å². The Bertz CT molecular complexity index is 350. The first kappa shape index (κ1) is 16.9. The van der Waals surface area contributed by atoms with E-state index in [9.17, 15) is 14.7 Å². The summed E-state index contributed by atoms with van der Waals surface area (Å²) in [5, 5.41) is 9.51. The fourth-order valence-corrected chi connectivity index (χ4v) is 2.20. The fourth-order valence-electron chi connectivity index (χ4n) is 2.20. The van der Waals surface area contributed by atoms with E-state index in [4.69, 9.17) is 9.47 Å². The maximum Gasteiger partial charge on any atom is 0.410 e. The molecule has 1 aliphatic rings. The summed E-state index contributed by atoms with van der Waals surface area (Å²) in [5.74, 6) is -0.186. The monoisotopic (exact) mass is 287 g/mol. The molecule has 2 atom stereocenters. The Kier molecular flexibility index (Phi) is 5.95. The van der Waals surface area contributed by atoms with Crippen LogP contribution < -0.4 is 0 Å². The lowest BCUT2D eigenvalue weighted by Gasteiger charge is -2.28. The molecule has 0 aromatic rings. The number of hydrogen-bond acceptors (Lipinski definition) is 5. The van der Waals surface area contributed by atoms with Gasteiger partial charge in [0.25, 0.3) is 0 Å². The highest BCUT2D eigenvalue weighted by molar-refractivity contribution is 5.88. The van der Waals surface area contributed by atoms with Crippen molar-refractivity contribution < 1.29 is 24.2 Å². The van der Waals surface area contributed by atoms with E-state index in [1.807, 2.05) is 0 Å². The van der Waals surface area contributed by atoms with Crippen LogP contribution in [-0.2, 0) is 14.3 Å². The Morgan fingerprint density at radius 2 is 2.05 bits per heavy atom. The Balaban J connectivity index is 2.60. The summed E-state index contributed by atoms with van der Waals surface area (Å²) in [4.78, 5) is 25.6. The highest BCUT2D eigenvalue weighted by Gasteiger charge is 2.36. The third-order valence-corrected chi connectivity index (χ3v) is 2.99. The number of rotatable bonds is 5. The van der Waals surface area contributed by atoms with Gasteiger partial charge in [0, 0.05) is 13.2 Å². The molecule has 0 bridgehead atoms. The number of carbonyl (C=O) groups excluding carboxylic acids is 2. The largest absolute Gasteiger partial charge is 0.444 e. The summed E-state index contributed by atoms with van der Waals surface area (Å²) in [6.07, 6.45) is -0.303. The average molecular weight is 287 g/mol. The Hall–Kier alpha value is -1.14. The molecule has 0 saturated carbocycles. The van der Waals surface area contributed by atoms with Crippen molar-refractivity contribution in [2.75, 3.05) is 13.2 Å². The zero-order valence-corrected chi connectivity index (χ0v) is 12.7. The van der Waals surface area contributed by atoms with E-state index >= 15 is 0 Å². The molecule has 1 amide bonds. The maximum absolute atomic E-state index is 12.1. The molecule has 0 radical (unpaired) electrons. The number of aliphatic hydroxyl groups is 1. The van der Waals surface area contributed by atoms with Crippen LogP contribution in [0.25, 0.3) is 0 Å². The molecule has 1 saturated heterocycles. The van der Waals surface area contributed by atoms with Crippen molar-refractivity contribution in [2.45, 2.75) is 64.9 Å². The lowest BCUT2D eigenvalue weighted by molar-refractivity contribution is -0.138. The van der Waals surface area contributed by atoms with Crippen LogP contribution in [0.1, 0.15) is 47.0 Å². The highest BCUT2D eigenvalue weighted by atomic mass is 16.6. The third-order valence-electron chi connectivity index (χ3n) is 2.99.